The molecule has 1 aliphatic rings. The zero-order valence-corrected chi connectivity index (χ0v) is 16.1. The van der Waals surface area contributed by atoms with Crippen molar-refractivity contribution in [3.05, 3.63) is 53.9 Å². The lowest BCUT2D eigenvalue weighted by atomic mass is 10.00. The molecular weight excluding hydrogens is 360 g/mol. The number of nitrogens with two attached hydrogens (primary N) is 1. The molecule has 0 radical (unpaired) electrons. The fourth-order valence-corrected chi connectivity index (χ4v) is 4.40. The summed E-state index contributed by atoms with van der Waals surface area (Å²) in [5, 5.41) is 0. The molecule has 0 atom stereocenters. The van der Waals surface area contributed by atoms with Crippen molar-refractivity contribution in [2.24, 2.45) is 0 Å². The molecule has 1 fully saturated rings. The Morgan fingerprint density at radius 1 is 1.11 bits per heavy atom. The number of nitrogens with zero attached hydrogens (tertiary/aromatic N) is 1. The van der Waals surface area contributed by atoms with Crippen molar-refractivity contribution < 1.29 is 8.42 Å². The van der Waals surface area contributed by atoms with Crippen molar-refractivity contribution in [2.75, 3.05) is 5.73 Å². The zero-order chi connectivity index (χ0) is 19.2. The largest absolute Gasteiger partial charge is 0.383 e. The first-order valence-corrected chi connectivity index (χ1v) is 10.4. The van der Waals surface area contributed by atoms with E-state index in [2.05, 4.69) is 14.7 Å². The van der Waals surface area contributed by atoms with Crippen molar-refractivity contribution in [1.29, 1.82) is 0 Å². The summed E-state index contributed by atoms with van der Waals surface area (Å²) in [6.45, 7) is 3.93. The van der Waals surface area contributed by atoms with Gasteiger partial charge in [0.25, 0.3) is 0 Å². The third-order valence-corrected chi connectivity index (χ3v) is 6.29. The Morgan fingerprint density at radius 2 is 1.89 bits per heavy atom. The second-order valence-electron chi connectivity index (χ2n) is 7.08. The lowest BCUT2D eigenvalue weighted by molar-refractivity contribution is 0.581. The molecular formula is C20H22N4O2S. The monoisotopic (exact) mass is 382 g/mol. The number of anilines is 1. The normalized spacial score (nSPS) is 14.4. The van der Waals surface area contributed by atoms with Gasteiger partial charge in [0, 0.05) is 34.8 Å². The van der Waals surface area contributed by atoms with E-state index in [0.717, 1.165) is 46.5 Å². The van der Waals surface area contributed by atoms with Crippen LogP contribution in [0.1, 0.15) is 24.1 Å². The molecule has 3 aromatic rings. The van der Waals surface area contributed by atoms with Gasteiger partial charge in [0.2, 0.25) is 10.0 Å². The van der Waals surface area contributed by atoms with E-state index in [1.54, 1.807) is 18.3 Å². The Kier molecular flexibility index (Phi) is 4.28. The lowest BCUT2D eigenvalue weighted by Crippen LogP contribution is -2.25. The fourth-order valence-electron chi connectivity index (χ4n) is 3.07. The highest BCUT2D eigenvalue weighted by Crippen LogP contribution is 2.32. The number of nitrogen functional groups attached to an aromatic ring is 1. The number of rotatable bonds is 5. The minimum absolute atomic E-state index is 0.0701. The summed E-state index contributed by atoms with van der Waals surface area (Å²) >= 11 is 0. The molecule has 0 unspecified atom stereocenters. The maximum Gasteiger partial charge on any atom is 0.240 e. The van der Waals surface area contributed by atoms with E-state index in [4.69, 9.17) is 5.73 Å². The molecule has 140 valence electrons. The van der Waals surface area contributed by atoms with E-state index in [1.807, 2.05) is 38.1 Å². The van der Waals surface area contributed by atoms with Crippen LogP contribution in [-0.4, -0.2) is 24.4 Å². The number of aryl methyl sites for hydroxylation is 2. The van der Waals surface area contributed by atoms with E-state index in [-0.39, 0.29) is 10.9 Å². The Morgan fingerprint density at radius 3 is 2.56 bits per heavy atom. The highest BCUT2D eigenvalue weighted by atomic mass is 32.2. The van der Waals surface area contributed by atoms with Gasteiger partial charge in [-0.15, -0.1) is 0 Å². The Hall–Kier alpha value is -2.64. The summed E-state index contributed by atoms with van der Waals surface area (Å²) in [4.78, 5) is 7.86. The zero-order valence-electron chi connectivity index (χ0n) is 15.3. The SMILES string of the molecule is Cc1ccc(-c2cc(-c3cc(S(=O)(=O)NC4CC4)ccc3C)cnc2N)[nH]1. The minimum Gasteiger partial charge on any atom is -0.383 e. The Balaban J connectivity index is 1.78. The Labute approximate surface area is 158 Å². The van der Waals surface area contributed by atoms with Gasteiger partial charge in [-0.2, -0.15) is 0 Å². The van der Waals surface area contributed by atoms with Gasteiger partial charge in [-0.1, -0.05) is 6.07 Å². The molecule has 4 rings (SSSR count). The predicted molar refractivity (Wildman–Crippen MR) is 107 cm³/mol. The van der Waals surface area contributed by atoms with Crippen molar-refractivity contribution in [3.8, 4) is 22.4 Å². The summed E-state index contributed by atoms with van der Waals surface area (Å²) < 4.78 is 27.9. The number of pyridine rings is 1. The van der Waals surface area contributed by atoms with Gasteiger partial charge in [0.1, 0.15) is 5.82 Å². The second-order valence-corrected chi connectivity index (χ2v) is 8.80. The summed E-state index contributed by atoms with van der Waals surface area (Å²) in [5.74, 6) is 0.428. The number of hydrogen-bond acceptors (Lipinski definition) is 4. The summed E-state index contributed by atoms with van der Waals surface area (Å²) in [5.41, 5.74) is 11.4. The number of aromatic amines is 1. The van der Waals surface area contributed by atoms with Gasteiger partial charge >= 0.3 is 0 Å². The van der Waals surface area contributed by atoms with Gasteiger partial charge in [-0.05, 0) is 68.1 Å². The molecule has 4 N–H and O–H groups in total. The van der Waals surface area contributed by atoms with E-state index in [1.165, 1.54) is 0 Å². The summed E-state index contributed by atoms with van der Waals surface area (Å²) in [6, 6.07) is 11.1. The average molecular weight is 382 g/mol. The van der Waals surface area contributed by atoms with Crippen molar-refractivity contribution >= 4 is 15.8 Å². The van der Waals surface area contributed by atoms with E-state index < -0.39 is 10.0 Å². The van der Waals surface area contributed by atoms with Crippen LogP contribution in [0.5, 0.6) is 0 Å². The third kappa shape index (κ3) is 3.61. The Bertz CT molecular complexity index is 1110. The van der Waals surface area contributed by atoms with Crippen LogP contribution in [0.3, 0.4) is 0 Å². The van der Waals surface area contributed by atoms with Gasteiger partial charge < -0.3 is 10.7 Å². The van der Waals surface area contributed by atoms with Crippen LogP contribution in [0, 0.1) is 13.8 Å². The average Bonchev–Trinajstić information content (AvgIpc) is 3.32. The van der Waals surface area contributed by atoms with E-state index in [9.17, 15) is 8.42 Å². The molecule has 0 saturated heterocycles. The maximum atomic E-state index is 12.6. The molecule has 0 aliphatic heterocycles. The first kappa shape index (κ1) is 17.8. The molecule has 0 spiro atoms. The van der Waals surface area contributed by atoms with E-state index in [0.29, 0.717) is 5.82 Å². The molecule has 0 amide bonds. The first-order valence-electron chi connectivity index (χ1n) is 8.88. The van der Waals surface area contributed by atoms with Crippen molar-refractivity contribution in [2.45, 2.75) is 37.6 Å². The van der Waals surface area contributed by atoms with Crippen LogP contribution in [0.25, 0.3) is 22.4 Å². The van der Waals surface area contributed by atoms with Gasteiger partial charge in [0.15, 0.2) is 0 Å². The predicted octanol–water partition coefficient (Wildman–Crippen LogP) is 3.38. The molecule has 27 heavy (non-hydrogen) atoms. The van der Waals surface area contributed by atoms with Gasteiger partial charge in [0.05, 0.1) is 4.90 Å². The smallest absolute Gasteiger partial charge is 0.240 e. The van der Waals surface area contributed by atoms with Crippen LogP contribution < -0.4 is 10.5 Å². The number of aromatic nitrogens is 2. The topological polar surface area (TPSA) is 101 Å². The minimum atomic E-state index is -3.51. The first-order chi connectivity index (χ1) is 12.8. The van der Waals surface area contributed by atoms with Crippen molar-refractivity contribution in [1.82, 2.24) is 14.7 Å². The number of benzene rings is 1. The molecule has 7 heteroatoms. The van der Waals surface area contributed by atoms with Crippen LogP contribution in [0.15, 0.2) is 47.5 Å². The van der Waals surface area contributed by atoms with Crippen LogP contribution >= 0.6 is 0 Å². The molecule has 1 aliphatic carbocycles. The molecule has 1 aromatic carbocycles. The third-order valence-electron chi connectivity index (χ3n) is 4.77. The quantitative estimate of drug-likeness (QED) is 0.629. The maximum absolute atomic E-state index is 12.6. The highest BCUT2D eigenvalue weighted by Gasteiger charge is 2.28. The fraction of sp³-hybridized carbons (Fsp3) is 0.250. The standard InChI is InChI=1S/C20H22N4O2S/c1-12-3-7-16(27(25,26)24-15-5-6-15)10-17(12)14-9-18(20(21)22-11-14)19-8-4-13(2)23-19/h3-4,7-11,15,23-24H,5-6H2,1-2H3,(H2,21,22). The number of sulfonamides is 1. The molecule has 6 nitrogen and oxygen atoms in total. The molecule has 2 aromatic heterocycles. The number of H-pyrrole nitrogens is 1. The van der Waals surface area contributed by atoms with Crippen LogP contribution in [0.4, 0.5) is 5.82 Å². The lowest BCUT2D eigenvalue weighted by Gasteiger charge is -2.12. The number of nitrogens with one attached hydrogen (secondary N) is 2. The van der Waals surface area contributed by atoms with Crippen molar-refractivity contribution in [3.63, 3.8) is 0 Å². The molecule has 1 saturated carbocycles. The summed E-state index contributed by atoms with van der Waals surface area (Å²) in [7, 11) is -3.51. The molecule has 2 heterocycles. The van der Waals surface area contributed by atoms with Gasteiger partial charge in [-0.25, -0.2) is 18.1 Å². The van der Waals surface area contributed by atoms with Crippen LogP contribution in [-0.2, 0) is 10.0 Å². The summed E-state index contributed by atoms with van der Waals surface area (Å²) in [6.07, 6.45) is 3.49. The van der Waals surface area contributed by atoms with E-state index >= 15 is 0 Å². The van der Waals surface area contributed by atoms with Crippen LogP contribution in [0.2, 0.25) is 0 Å². The second kappa shape index (κ2) is 6.51. The number of hydrogen-bond donors (Lipinski definition) is 3. The molecule has 0 bridgehead atoms. The van der Waals surface area contributed by atoms with Gasteiger partial charge in [-0.3, -0.25) is 0 Å². The highest BCUT2D eigenvalue weighted by molar-refractivity contribution is 7.89.